The van der Waals surface area contributed by atoms with Crippen molar-refractivity contribution in [2.24, 2.45) is 0 Å². The quantitative estimate of drug-likeness (QED) is 0.217. The summed E-state index contributed by atoms with van der Waals surface area (Å²) in [6, 6.07) is 30.9. The van der Waals surface area contributed by atoms with E-state index in [9.17, 15) is 4.79 Å². The fourth-order valence-corrected chi connectivity index (χ4v) is 6.33. The molecule has 0 aromatic heterocycles. The fraction of sp³-hybridized carbons (Fsp3) is 0.424. The number of hydrogen-bond acceptors (Lipinski definition) is 5. The predicted octanol–water partition coefficient (Wildman–Crippen LogP) is 7.74. The Labute approximate surface area is 237 Å². The molecule has 0 aliphatic carbocycles. The zero-order valence-corrected chi connectivity index (χ0v) is 24.1. The zero-order chi connectivity index (χ0) is 27.5. The average molecular weight is 548 g/mol. The van der Waals surface area contributed by atoms with Gasteiger partial charge in [0.15, 0.2) is 0 Å². The second kappa shape index (κ2) is 14.5. The van der Waals surface area contributed by atoms with E-state index in [0.29, 0.717) is 26.4 Å². The van der Waals surface area contributed by atoms with Gasteiger partial charge in [-0.15, -0.1) is 11.8 Å². The monoisotopic (exact) mass is 547 g/mol. The Hall–Kier alpha value is -2.80. The Morgan fingerprint density at radius 1 is 0.795 bits per heavy atom. The smallest absolute Gasteiger partial charge is 0.410 e. The number of carbonyl (C=O) groups is 1. The highest BCUT2D eigenvalue weighted by molar-refractivity contribution is 8.00. The molecule has 1 heterocycles. The highest BCUT2D eigenvalue weighted by atomic mass is 32.2. The number of rotatable bonds is 12. The van der Waals surface area contributed by atoms with Gasteiger partial charge in [-0.2, -0.15) is 0 Å². The molecule has 1 fully saturated rings. The Balaban J connectivity index is 1.46. The van der Waals surface area contributed by atoms with Crippen molar-refractivity contribution in [1.82, 2.24) is 4.90 Å². The van der Waals surface area contributed by atoms with E-state index in [1.807, 2.05) is 79.9 Å². The van der Waals surface area contributed by atoms with E-state index in [1.54, 1.807) is 0 Å². The first-order valence-electron chi connectivity index (χ1n) is 13.9. The van der Waals surface area contributed by atoms with E-state index >= 15 is 0 Å². The van der Waals surface area contributed by atoms with Crippen LogP contribution in [-0.2, 0) is 27.4 Å². The topological polar surface area (TPSA) is 48.0 Å². The van der Waals surface area contributed by atoms with Crippen molar-refractivity contribution >= 4 is 17.9 Å². The third-order valence-corrected chi connectivity index (χ3v) is 8.05. The zero-order valence-electron chi connectivity index (χ0n) is 23.3. The third-order valence-electron chi connectivity index (χ3n) is 6.70. The van der Waals surface area contributed by atoms with Gasteiger partial charge in [0.2, 0.25) is 0 Å². The van der Waals surface area contributed by atoms with Crippen LogP contribution in [0.5, 0.6) is 0 Å². The number of likely N-dealkylation sites (tertiary alicyclic amines) is 1. The molecule has 39 heavy (non-hydrogen) atoms. The largest absolute Gasteiger partial charge is 0.444 e. The molecule has 0 spiro atoms. The summed E-state index contributed by atoms with van der Waals surface area (Å²) in [4.78, 5) is 16.8. The highest BCUT2D eigenvalue weighted by Gasteiger charge is 2.45. The van der Waals surface area contributed by atoms with Crippen LogP contribution in [-0.4, -0.2) is 47.1 Å². The summed E-state index contributed by atoms with van der Waals surface area (Å²) in [6.07, 6.45) is 2.15. The van der Waals surface area contributed by atoms with Crippen LogP contribution < -0.4 is 0 Å². The lowest BCUT2D eigenvalue weighted by Crippen LogP contribution is -2.46. The second-order valence-electron chi connectivity index (χ2n) is 11.0. The maximum Gasteiger partial charge on any atom is 0.410 e. The van der Waals surface area contributed by atoms with E-state index < -0.39 is 5.60 Å². The van der Waals surface area contributed by atoms with Crippen molar-refractivity contribution in [3.05, 3.63) is 102 Å². The summed E-state index contributed by atoms with van der Waals surface area (Å²) < 4.78 is 18.0. The Morgan fingerprint density at radius 3 is 1.85 bits per heavy atom. The van der Waals surface area contributed by atoms with Gasteiger partial charge in [-0.1, -0.05) is 78.9 Å². The number of carbonyl (C=O) groups excluding carboxylic acids is 1. The van der Waals surface area contributed by atoms with Crippen LogP contribution in [0.2, 0.25) is 0 Å². The van der Waals surface area contributed by atoms with E-state index in [2.05, 4.69) is 48.5 Å². The molecule has 5 nitrogen and oxygen atoms in total. The van der Waals surface area contributed by atoms with Crippen molar-refractivity contribution in [2.45, 2.75) is 81.1 Å². The van der Waals surface area contributed by atoms with Crippen molar-refractivity contribution in [2.75, 3.05) is 13.2 Å². The van der Waals surface area contributed by atoms with Crippen LogP contribution in [0.1, 0.15) is 51.2 Å². The van der Waals surface area contributed by atoms with Gasteiger partial charge in [0.1, 0.15) is 5.60 Å². The lowest BCUT2D eigenvalue weighted by Gasteiger charge is -2.33. The minimum atomic E-state index is -0.565. The maximum absolute atomic E-state index is 13.6. The highest BCUT2D eigenvalue weighted by Crippen LogP contribution is 2.40. The molecule has 3 atom stereocenters. The van der Waals surface area contributed by atoms with E-state index in [1.165, 1.54) is 4.90 Å². The van der Waals surface area contributed by atoms with Crippen LogP contribution in [0.4, 0.5) is 4.79 Å². The van der Waals surface area contributed by atoms with Crippen molar-refractivity contribution in [1.29, 1.82) is 0 Å². The summed E-state index contributed by atoms with van der Waals surface area (Å²) in [6.45, 7) is 8.06. The standard InChI is InChI=1S/C33H41NO4S/c1-33(2,3)38-32(35)34-28(19-21-36-24-26-13-7-4-8-14-26)23-31(39-29-17-11-6-12-18-29)30(34)20-22-37-25-27-15-9-5-10-16-27/h4-18,28,30-31H,19-25H2,1-3H3/t28-,30+,31+/m1/s1. The first kappa shape index (κ1) is 29.2. The van der Waals surface area contributed by atoms with Gasteiger partial charge in [0.25, 0.3) is 0 Å². The molecule has 208 valence electrons. The van der Waals surface area contributed by atoms with Crippen LogP contribution in [0.25, 0.3) is 0 Å². The van der Waals surface area contributed by atoms with Crippen molar-refractivity contribution in [3.63, 3.8) is 0 Å². The number of thioether (sulfide) groups is 1. The SMILES string of the molecule is CC(C)(C)OC(=O)N1[C@H](CCOCc2ccccc2)C[C@H](Sc2ccccc2)[C@@H]1CCOCc1ccccc1. The maximum atomic E-state index is 13.6. The molecule has 0 bridgehead atoms. The summed E-state index contributed by atoms with van der Waals surface area (Å²) >= 11 is 1.85. The van der Waals surface area contributed by atoms with E-state index in [0.717, 1.165) is 30.4 Å². The minimum absolute atomic E-state index is 0.0000437. The molecule has 0 unspecified atom stereocenters. The van der Waals surface area contributed by atoms with Crippen molar-refractivity contribution in [3.8, 4) is 0 Å². The molecule has 1 saturated heterocycles. The molecule has 0 radical (unpaired) electrons. The Kier molecular flexibility index (Phi) is 10.9. The molecule has 1 aliphatic heterocycles. The summed E-state index contributed by atoms with van der Waals surface area (Å²) in [5, 5.41) is 0.236. The number of ether oxygens (including phenoxy) is 3. The predicted molar refractivity (Wildman–Crippen MR) is 158 cm³/mol. The lowest BCUT2D eigenvalue weighted by molar-refractivity contribution is 0.00619. The van der Waals surface area contributed by atoms with Gasteiger partial charge < -0.3 is 19.1 Å². The summed E-state index contributed by atoms with van der Waals surface area (Å²) in [7, 11) is 0. The number of nitrogens with zero attached hydrogens (tertiary/aromatic N) is 1. The molecular formula is C33H41NO4S. The van der Waals surface area contributed by atoms with Gasteiger partial charge >= 0.3 is 6.09 Å². The van der Waals surface area contributed by atoms with E-state index in [4.69, 9.17) is 14.2 Å². The van der Waals surface area contributed by atoms with Crippen LogP contribution >= 0.6 is 11.8 Å². The molecule has 0 N–H and O–H groups in total. The molecule has 3 aromatic rings. The normalized spacial score (nSPS) is 19.3. The number of amides is 1. The summed E-state index contributed by atoms with van der Waals surface area (Å²) in [5.41, 5.74) is 1.74. The van der Waals surface area contributed by atoms with Gasteiger partial charge in [0, 0.05) is 35.4 Å². The Bertz CT molecular complexity index is 1120. The van der Waals surface area contributed by atoms with Gasteiger partial charge in [-0.05, 0) is 63.3 Å². The molecule has 4 rings (SSSR count). The molecule has 3 aromatic carbocycles. The van der Waals surface area contributed by atoms with Gasteiger partial charge in [0.05, 0.1) is 13.2 Å². The Morgan fingerprint density at radius 2 is 1.31 bits per heavy atom. The fourth-order valence-electron chi connectivity index (χ4n) is 4.92. The van der Waals surface area contributed by atoms with Crippen molar-refractivity contribution < 1.29 is 19.0 Å². The first-order chi connectivity index (χ1) is 18.9. The van der Waals surface area contributed by atoms with E-state index in [-0.39, 0.29) is 23.4 Å². The lowest BCUT2D eigenvalue weighted by atomic mass is 10.1. The first-order valence-corrected chi connectivity index (χ1v) is 14.7. The van der Waals surface area contributed by atoms with Crippen LogP contribution in [0.15, 0.2) is 95.9 Å². The molecule has 1 amide bonds. The van der Waals surface area contributed by atoms with Gasteiger partial charge in [-0.3, -0.25) is 0 Å². The number of hydrogen-bond donors (Lipinski definition) is 0. The average Bonchev–Trinajstić information content (AvgIpc) is 3.26. The molecule has 6 heteroatoms. The van der Waals surface area contributed by atoms with Gasteiger partial charge in [-0.25, -0.2) is 4.79 Å². The third kappa shape index (κ3) is 9.41. The van der Waals surface area contributed by atoms with Crippen LogP contribution in [0, 0.1) is 0 Å². The number of benzene rings is 3. The molecular weight excluding hydrogens is 506 g/mol. The summed E-state index contributed by atoms with van der Waals surface area (Å²) in [5.74, 6) is 0. The second-order valence-corrected chi connectivity index (χ2v) is 12.3. The molecule has 1 aliphatic rings. The minimum Gasteiger partial charge on any atom is -0.444 e. The van der Waals surface area contributed by atoms with Crippen LogP contribution in [0.3, 0.4) is 0 Å². The molecule has 0 saturated carbocycles.